The summed E-state index contributed by atoms with van der Waals surface area (Å²) in [6.45, 7) is 2.20. The molecular weight excluding hydrogens is 344 g/mol. The lowest BCUT2D eigenvalue weighted by Gasteiger charge is -2.19. The van der Waals surface area contributed by atoms with E-state index in [1.54, 1.807) is 6.07 Å². The van der Waals surface area contributed by atoms with Gasteiger partial charge in [0.15, 0.2) is 0 Å². The van der Waals surface area contributed by atoms with Gasteiger partial charge in [-0.3, -0.25) is 0 Å². The van der Waals surface area contributed by atoms with E-state index in [9.17, 15) is 9.90 Å². The number of carboxylic acid groups (broad SMARTS) is 1. The number of carboxylic acids is 1. The molecule has 136 valence electrons. The fraction of sp³-hybridized carbons (Fsp3) is 0.409. The second-order valence-corrected chi connectivity index (χ2v) is 8.24. The Morgan fingerprint density at radius 2 is 2.00 bits per heavy atom. The predicted molar refractivity (Wildman–Crippen MR) is 104 cm³/mol. The van der Waals surface area contributed by atoms with Crippen molar-refractivity contribution in [3.05, 3.63) is 57.8 Å². The van der Waals surface area contributed by atoms with Crippen LogP contribution in [0.2, 0.25) is 0 Å². The molecule has 26 heavy (non-hydrogen) atoms. The Morgan fingerprint density at radius 1 is 1.23 bits per heavy atom. The third kappa shape index (κ3) is 4.55. The summed E-state index contributed by atoms with van der Waals surface area (Å²) < 4.78 is 0. The molecule has 0 spiro atoms. The molecule has 2 N–H and O–H groups in total. The van der Waals surface area contributed by atoms with Crippen LogP contribution in [0.3, 0.4) is 0 Å². The number of thiophene rings is 1. The fourth-order valence-electron chi connectivity index (χ4n) is 3.84. The Kier molecular flexibility index (Phi) is 6.13. The topological polar surface area (TPSA) is 57.5 Å². The van der Waals surface area contributed by atoms with Gasteiger partial charge in [0.05, 0.1) is 6.10 Å². The lowest BCUT2D eigenvalue weighted by Crippen LogP contribution is -2.18. The Morgan fingerprint density at radius 3 is 2.69 bits per heavy atom. The molecule has 2 aromatic rings. The molecule has 1 fully saturated rings. The van der Waals surface area contributed by atoms with Crippen LogP contribution in [-0.2, 0) is 6.42 Å². The number of aliphatic hydroxyl groups is 1. The molecule has 0 saturated heterocycles. The molecule has 0 aliphatic heterocycles. The van der Waals surface area contributed by atoms with Gasteiger partial charge < -0.3 is 10.2 Å². The van der Waals surface area contributed by atoms with E-state index < -0.39 is 5.97 Å². The van der Waals surface area contributed by atoms with Crippen molar-refractivity contribution in [2.24, 2.45) is 17.8 Å². The molecule has 4 atom stereocenters. The Hall–Kier alpha value is -2.09. The lowest BCUT2D eigenvalue weighted by atomic mass is 9.85. The summed E-state index contributed by atoms with van der Waals surface area (Å²) in [6.07, 6.45) is 3.33. The van der Waals surface area contributed by atoms with Crippen LogP contribution < -0.4 is 0 Å². The van der Waals surface area contributed by atoms with Gasteiger partial charge in [0.25, 0.3) is 0 Å². The molecule has 1 saturated carbocycles. The SMILES string of the molecule is CC1C[C@@H](O)[C@H](C#Cc2ccccc2)[C@H]1CCCc1ccc(C(=O)O)s1. The summed E-state index contributed by atoms with van der Waals surface area (Å²) >= 11 is 1.36. The van der Waals surface area contributed by atoms with Gasteiger partial charge >= 0.3 is 5.97 Å². The van der Waals surface area contributed by atoms with E-state index in [2.05, 4.69) is 18.8 Å². The van der Waals surface area contributed by atoms with Crippen LogP contribution in [0.4, 0.5) is 0 Å². The van der Waals surface area contributed by atoms with Gasteiger partial charge in [-0.15, -0.1) is 11.3 Å². The fourth-order valence-corrected chi connectivity index (χ4v) is 4.72. The van der Waals surface area contributed by atoms with Crippen molar-refractivity contribution in [2.75, 3.05) is 0 Å². The quantitative estimate of drug-likeness (QED) is 0.767. The zero-order valence-electron chi connectivity index (χ0n) is 14.9. The molecule has 1 aromatic carbocycles. The highest BCUT2D eigenvalue weighted by Gasteiger charge is 2.38. The maximum Gasteiger partial charge on any atom is 0.345 e. The molecule has 1 heterocycles. The molecule has 1 unspecified atom stereocenters. The molecule has 3 nitrogen and oxygen atoms in total. The van der Waals surface area contributed by atoms with E-state index >= 15 is 0 Å². The van der Waals surface area contributed by atoms with Gasteiger partial charge in [-0.05, 0) is 61.8 Å². The number of carbonyl (C=O) groups is 1. The first kappa shape index (κ1) is 18.7. The molecule has 0 amide bonds. The van der Waals surface area contributed by atoms with Crippen molar-refractivity contribution in [1.29, 1.82) is 0 Å². The molecule has 0 radical (unpaired) electrons. The van der Waals surface area contributed by atoms with Crippen molar-refractivity contribution in [1.82, 2.24) is 0 Å². The third-order valence-electron chi connectivity index (χ3n) is 5.21. The molecule has 3 rings (SSSR count). The van der Waals surface area contributed by atoms with Crippen molar-refractivity contribution >= 4 is 17.3 Å². The number of rotatable bonds is 5. The number of hydrogen-bond acceptors (Lipinski definition) is 3. The third-order valence-corrected chi connectivity index (χ3v) is 6.34. The van der Waals surface area contributed by atoms with E-state index in [0.29, 0.717) is 16.7 Å². The first-order chi connectivity index (χ1) is 12.5. The van der Waals surface area contributed by atoms with Gasteiger partial charge in [-0.1, -0.05) is 37.0 Å². The van der Waals surface area contributed by atoms with Crippen molar-refractivity contribution in [2.45, 2.75) is 38.7 Å². The van der Waals surface area contributed by atoms with Gasteiger partial charge in [-0.25, -0.2) is 4.79 Å². The Balaban J connectivity index is 1.61. The van der Waals surface area contributed by atoms with Crippen LogP contribution in [0.25, 0.3) is 0 Å². The number of hydrogen-bond donors (Lipinski definition) is 2. The first-order valence-electron chi connectivity index (χ1n) is 9.11. The van der Waals surface area contributed by atoms with Crippen LogP contribution in [-0.4, -0.2) is 22.3 Å². The molecular formula is C22H24O3S. The van der Waals surface area contributed by atoms with Crippen LogP contribution >= 0.6 is 11.3 Å². The molecule has 1 aliphatic rings. The van der Waals surface area contributed by atoms with E-state index in [1.807, 2.05) is 36.4 Å². The predicted octanol–water partition coefficient (Wildman–Crippen LogP) is 4.45. The number of aryl methyl sites for hydroxylation is 1. The highest BCUT2D eigenvalue weighted by Crippen LogP contribution is 2.40. The average molecular weight is 368 g/mol. The maximum atomic E-state index is 11.0. The summed E-state index contributed by atoms with van der Waals surface area (Å²) in [6, 6.07) is 13.5. The zero-order valence-corrected chi connectivity index (χ0v) is 15.7. The molecule has 1 aliphatic carbocycles. The zero-order chi connectivity index (χ0) is 18.5. The maximum absolute atomic E-state index is 11.0. The van der Waals surface area contributed by atoms with Crippen molar-refractivity contribution in [3.63, 3.8) is 0 Å². The first-order valence-corrected chi connectivity index (χ1v) is 9.93. The number of benzene rings is 1. The number of aliphatic hydroxyl groups excluding tert-OH is 1. The minimum atomic E-state index is -0.856. The van der Waals surface area contributed by atoms with Crippen LogP contribution in [0, 0.1) is 29.6 Å². The van der Waals surface area contributed by atoms with E-state index in [1.165, 1.54) is 11.3 Å². The normalized spacial score (nSPS) is 24.8. The summed E-state index contributed by atoms with van der Waals surface area (Å²) in [5.74, 6) is 6.54. The van der Waals surface area contributed by atoms with E-state index in [4.69, 9.17) is 5.11 Å². The van der Waals surface area contributed by atoms with Crippen LogP contribution in [0.15, 0.2) is 42.5 Å². The van der Waals surface area contributed by atoms with E-state index in [-0.39, 0.29) is 12.0 Å². The van der Waals surface area contributed by atoms with Gasteiger partial charge in [0.2, 0.25) is 0 Å². The standard InChI is InChI=1S/C22H24O3S/c1-15-14-20(23)19(12-10-16-6-3-2-4-7-16)18(15)9-5-8-17-11-13-21(26-17)22(24)25/h2-4,6-7,11,13,15,18-20,23H,5,8-9,14H2,1H3,(H,24,25)/t15?,18-,19+,20+/m0/s1. The van der Waals surface area contributed by atoms with Gasteiger partial charge in [0.1, 0.15) is 4.88 Å². The highest BCUT2D eigenvalue weighted by atomic mass is 32.1. The van der Waals surface area contributed by atoms with E-state index in [0.717, 1.165) is 36.1 Å². The van der Waals surface area contributed by atoms with Crippen LogP contribution in [0.5, 0.6) is 0 Å². The Bertz CT molecular complexity index is 800. The lowest BCUT2D eigenvalue weighted by molar-refractivity contribution is 0.0702. The summed E-state index contributed by atoms with van der Waals surface area (Å²) in [5, 5.41) is 19.4. The summed E-state index contributed by atoms with van der Waals surface area (Å²) in [4.78, 5) is 12.5. The smallest absolute Gasteiger partial charge is 0.345 e. The van der Waals surface area contributed by atoms with Gasteiger partial charge in [-0.2, -0.15) is 0 Å². The van der Waals surface area contributed by atoms with Gasteiger partial charge in [0, 0.05) is 16.4 Å². The summed E-state index contributed by atoms with van der Waals surface area (Å²) in [7, 11) is 0. The van der Waals surface area contributed by atoms with Crippen molar-refractivity contribution < 1.29 is 15.0 Å². The highest BCUT2D eigenvalue weighted by molar-refractivity contribution is 7.13. The molecule has 0 bridgehead atoms. The number of aromatic carboxylic acids is 1. The average Bonchev–Trinajstić information content (AvgIpc) is 3.19. The van der Waals surface area contributed by atoms with Crippen LogP contribution in [0.1, 0.15) is 46.3 Å². The Labute approximate surface area is 158 Å². The molecule has 4 heteroatoms. The monoisotopic (exact) mass is 368 g/mol. The molecule has 1 aromatic heterocycles. The second-order valence-electron chi connectivity index (χ2n) is 7.07. The van der Waals surface area contributed by atoms with Crippen molar-refractivity contribution in [3.8, 4) is 11.8 Å². The summed E-state index contributed by atoms with van der Waals surface area (Å²) in [5.41, 5.74) is 0.984. The minimum Gasteiger partial charge on any atom is -0.477 e. The largest absolute Gasteiger partial charge is 0.477 e. The second kappa shape index (κ2) is 8.53. The minimum absolute atomic E-state index is 0.0168.